The quantitative estimate of drug-likeness (QED) is 0.622. The number of carbonyl (C=O) groups is 2. The fourth-order valence-electron chi connectivity index (χ4n) is 2.50. The Morgan fingerprint density at radius 1 is 1.18 bits per heavy atom. The fraction of sp³-hybridized carbons (Fsp3) is 0.300. The van der Waals surface area contributed by atoms with Crippen LogP contribution in [0, 0.1) is 6.92 Å². The Bertz CT molecular complexity index is 884. The van der Waals surface area contributed by atoms with Crippen molar-refractivity contribution in [3.63, 3.8) is 0 Å². The molecule has 0 heterocycles. The lowest BCUT2D eigenvalue weighted by atomic mass is 10.1. The SMILES string of the molecule is COc1cc(Cl)c(C)cc1NC(=O)CNc1ccc(OC(C)C)c(C(N)=O)c1. The number of carbonyl (C=O) groups excluding carboxylic acids is 2. The molecule has 2 aromatic carbocycles. The molecule has 0 aromatic heterocycles. The van der Waals surface area contributed by atoms with E-state index in [0.29, 0.717) is 27.9 Å². The van der Waals surface area contributed by atoms with E-state index in [2.05, 4.69) is 10.6 Å². The number of rotatable bonds is 8. The van der Waals surface area contributed by atoms with Gasteiger partial charge < -0.3 is 25.8 Å². The number of nitrogens with one attached hydrogen (secondary N) is 2. The Balaban J connectivity index is 2.08. The van der Waals surface area contributed by atoms with E-state index in [1.165, 1.54) is 7.11 Å². The molecule has 0 saturated heterocycles. The van der Waals surface area contributed by atoms with Crippen LogP contribution in [-0.4, -0.2) is 31.6 Å². The summed E-state index contributed by atoms with van der Waals surface area (Å²) in [5.41, 5.74) is 7.58. The Labute approximate surface area is 169 Å². The van der Waals surface area contributed by atoms with Gasteiger partial charge in [0.2, 0.25) is 5.91 Å². The molecule has 0 saturated carbocycles. The molecular formula is C20H24ClN3O4. The summed E-state index contributed by atoms with van der Waals surface area (Å²) in [6, 6.07) is 8.30. The van der Waals surface area contributed by atoms with Crippen molar-refractivity contribution in [3.05, 3.63) is 46.5 Å². The second-order valence-corrected chi connectivity index (χ2v) is 6.85. The number of halogens is 1. The normalized spacial score (nSPS) is 10.5. The zero-order chi connectivity index (χ0) is 20.8. The molecule has 150 valence electrons. The molecule has 0 fully saturated rings. The maximum absolute atomic E-state index is 12.3. The highest BCUT2D eigenvalue weighted by atomic mass is 35.5. The highest BCUT2D eigenvalue weighted by Crippen LogP contribution is 2.31. The number of benzene rings is 2. The smallest absolute Gasteiger partial charge is 0.252 e. The Kier molecular flexibility index (Phi) is 7.12. The molecule has 0 aliphatic heterocycles. The Morgan fingerprint density at radius 3 is 2.50 bits per heavy atom. The Hall–Kier alpha value is -2.93. The third-order valence-electron chi connectivity index (χ3n) is 3.82. The van der Waals surface area contributed by atoms with Gasteiger partial charge in [0.05, 0.1) is 31.0 Å². The van der Waals surface area contributed by atoms with Gasteiger partial charge in [-0.3, -0.25) is 9.59 Å². The second-order valence-electron chi connectivity index (χ2n) is 6.45. The van der Waals surface area contributed by atoms with Crippen LogP contribution in [0.25, 0.3) is 0 Å². The number of hydrogen-bond donors (Lipinski definition) is 3. The largest absolute Gasteiger partial charge is 0.495 e. The third-order valence-corrected chi connectivity index (χ3v) is 4.22. The molecule has 2 amide bonds. The number of anilines is 2. The molecule has 2 aromatic rings. The topological polar surface area (TPSA) is 103 Å². The number of nitrogens with two attached hydrogens (primary N) is 1. The van der Waals surface area contributed by atoms with E-state index in [9.17, 15) is 9.59 Å². The summed E-state index contributed by atoms with van der Waals surface area (Å²) in [5, 5.41) is 6.29. The zero-order valence-electron chi connectivity index (χ0n) is 16.3. The van der Waals surface area contributed by atoms with Crippen molar-refractivity contribution < 1.29 is 19.1 Å². The van der Waals surface area contributed by atoms with Crippen LogP contribution in [0.4, 0.5) is 11.4 Å². The fourth-order valence-corrected chi connectivity index (χ4v) is 2.65. The summed E-state index contributed by atoms with van der Waals surface area (Å²) >= 11 is 6.07. The Morgan fingerprint density at radius 2 is 1.89 bits per heavy atom. The van der Waals surface area contributed by atoms with Crippen LogP contribution in [0.3, 0.4) is 0 Å². The number of aryl methyl sites for hydroxylation is 1. The average Bonchev–Trinajstić information content (AvgIpc) is 2.63. The van der Waals surface area contributed by atoms with Crippen molar-refractivity contribution >= 4 is 34.8 Å². The second kappa shape index (κ2) is 9.32. The van der Waals surface area contributed by atoms with Crippen molar-refractivity contribution in [1.29, 1.82) is 0 Å². The number of ether oxygens (including phenoxy) is 2. The van der Waals surface area contributed by atoms with Gasteiger partial charge in [0.15, 0.2) is 0 Å². The van der Waals surface area contributed by atoms with Crippen LogP contribution in [0.1, 0.15) is 29.8 Å². The first-order valence-corrected chi connectivity index (χ1v) is 9.07. The van der Waals surface area contributed by atoms with Gasteiger partial charge in [0.25, 0.3) is 5.91 Å². The van der Waals surface area contributed by atoms with Gasteiger partial charge in [-0.1, -0.05) is 11.6 Å². The van der Waals surface area contributed by atoms with E-state index < -0.39 is 5.91 Å². The summed E-state index contributed by atoms with van der Waals surface area (Å²) in [7, 11) is 1.50. The maximum atomic E-state index is 12.3. The number of primary amides is 1. The molecule has 0 atom stereocenters. The molecule has 0 aliphatic carbocycles. The van der Waals surface area contributed by atoms with E-state index in [0.717, 1.165) is 5.56 Å². The van der Waals surface area contributed by atoms with Crippen LogP contribution >= 0.6 is 11.6 Å². The van der Waals surface area contributed by atoms with Crippen LogP contribution < -0.4 is 25.8 Å². The summed E-state index contributed by atoms with van der Waals surface area (Å²) in [4.78, 5) is 24.0. The lowest BCUT2D eigenvalue weighted by molar-refractivity contribution is -0.114. The minimum absolute atomic E-state index is 0.0204. The van der Waals surface area contributed by atoms with Crippen LogP contribution in [-0.2, 0) is 4.79 Å². The highest BCUT2D eigenvalue weighted by Gasteiger charge is 2.13. The van der Waals surface area contributed by atoms with Crippen LogP contribution in [0.5, 0.6) is 11.5 Å². The van der Waals surface area contributed by atoms with Crippen molar-refractivity contribution in [1.82, 2.24) is 0 Å². The molecule has 2 rings (SSSR count). The van der Waals surface area contributed by atoms with Crippen molar-refractivity contribution in [2.75, 3.05) is 24.3 Å². The van der Waals surface area contributed by atoms with Gasteiger partial charge in [0, 0.05) is 16.8 Å². The van der Waals surface area contributed by atoms with E-state index in [1.54, 1.807) is 30.3 Å². The first-order chi connectivity index (χ1) is 13.2. The predicted octanol–water partition coefficient (Wildman–Crippen LogP) is 3.59. The highest BCUT2D eigenvalue weighted by molar-refractivity contribution is 6.31. The van der Waals surface area contributed by atoms with Gasteiger partial charge in [-0.25, -0.2) is 0 Å². The van der Waals surface area contributed by atoms with E-state index in [1.807, 2.05) is 20.8 Å². The molecule has 28 heavy (non-hydrogen) atoms. The van der Waals surface area contributed by atoms with Crippen molar-refractivity contribution in [2.45, 2.75) is 26.9 Å². The molecule has 0 radical (unpaired) electrons. The molecule has 0 spiro atoms. The third kappa shape index (κ3) is 5.53. The predicted molar refractivity (Wildman–Crippen MR) is 111 cm³/mol. The van der Waals surface area contributed by atoms with Gasteiger partial charge >= 0.3 is 0 Å². The zero-order valence-corrected chi connectivity index (χ0v) is 17.0. The van der Waals surface area contributed by atoms with Crippen molar-refractivity contribution in [2.24, 2.45) is 5.73 Å². The molecule has 0 aliphatic rings. The molecule has 8 heteroatoms. The minimum Gasteiger partial charge on any atom is -0.495 e. The first-order valence-electron chi connectivity index (χ1n) is 8.69. The lowest BCUT2D eigenvalue weighted by Gasteiger charge is -2.15. The van der Waals surface area contributed by atoms with Crippen molar-refractivity contribution in [3.8, 4) is 11.5 Å². The molecule has 0 bridgehead atoms. The standard InChI is InChI=1S/C20H24ClN3O4/c1-11(2)28-17-6-5-13(8-14(17)20(22)26)23-10-19(25)24-16-7-12(3)15(21)9-18(16)27-4/h5-9,11,23H,10H2,1-4H3,(H2,22,26)(H,24,25). The number of amides is 2. The molecule has 0 unspecified atom stereocenters. The van der Waals surface area contributed by atoms with E-state index in [-0.39, 0.29) is 24.1 Å². The summed E-state index contributed by atoms with van der Waals surface area (Å²) in [6.07, 6.45) is -0.0968. The summed E-state index contributed by atoms with van der Waals surface area (Å²) in [5.74, 6) is -0.0256. The maximum Gasteiger partial charge on any atom is 0.252 e. The van der Waals surface area contributed by atoms with Gasteiger partial charge in [-0.05, 0) is 50.6 Å². The van der Waals surface area contributed by atoms with Crippen LogP contribution in [0.15, 0.2) is 30.3 Å². The number of methoxy groups -OCH3 is 1. The van der Waals surface area contributed by atoms with E-state index >= 15 is 0 Å². The van der Waals surface area contributed by atoms with Gasteiger partial charge in [0.1, 0.15) is 11.5 Å². The number of hydrogen-bond acceptors (Lipinski definition) is 5. The molecular weight excluding hydrogens is 382 g/mol. The van der Waals surface area contributed by atoms with Crippen LogP contribution in [0.2, 0.25) is 5.02 Å². The lowest BCUT2D eigenvalue weighted by Crippen LogP contribution is -2.22. The monoisotopic (exact) mass is 405 g/mol. The summed E-state index contributed by atoms with van der Waals surface area (Å²) in [6.45, 7) is 5.53. The summed E-state index contributed by atoms with van der Waals surface area (Å²) < 4.78 is 10.8. The van der Waals surface area contributed by atoms with E-state index in [4.69, 9.17) is 26.8 Å². The van der Waals surface area contributed by atoms with Gasteiger partial charge in [-0.2, -0.15) is 0 Å². The van der Waals surface area contributed by atoms with Gasteiger partial charge in [-0.15, -0.1) is 0 Å². The average molecular weight is 406 g/mol. The first kappa shape index (κ1) is 21.4. The molecule has 4 N–H and O–H groups in total. The molecule has 7 nitrogen and oxygen atoms in total. The minimum atomic E-state index is -0.606.